The highest BCUT2D eigenvalue weighted by Gasteiger charge is 1.98. The molecule has 0 radical (unpaired) electrons. The molecule has 0 atom stereocenters. The molecular weight excluding hydrogens is 234 g/mol. The van der Waals surface area contributed by atoms with E-state index in [1.54, 1.807) is 0 Å². The molecule has 0 aliphatic rings. The van der Waals surface area contributed by atoms with E-state index in [0.29, 0.717) is 19.5 Å². The van der Waals surface area contributed by atoms with Crippen molar-refractivity contribution >= 4 is 21.8 Å². The highest BCUT2D eigenvalue weighted by molar-refractivity contribution is 9.11. The molecule has 0 saturated carbocycles. The van der Waals surface area contributed by atoms with Crippen molar-refractivity contribution in [2.45, 2.75) is 6.42 Å². The first-order valence-corrected chi connectivity index (χ1v) is 4.63. The average molecular weight is 246 g/mol. The first-order valence-electron chi connectivity index (χ1n) is 3.84. The predicted molar refractivity (Wildman–Crippen MR) is 54.2 cm³/mol. The lowest BCUT2D eigenvalue weighted by atomic mass is 10.4. The van der Waals surface area contributed by atoms with E-state index in [0.717, 1.165) is 4.48 Å². The number of nitrogens with one attached hydrogen (secondary N) is 2. The van der Waals surface area contributed by atoms with Crippen molar-refractivity contribution in [3.05, 3.63) is 11.1 Å². The van der Waals surface area contributed by atoms with Gasteiger partial charge in [-0.3, -0.25) is 4.79 Å². The molecule has 5 heteroatoms. The van der Waals surface area contributed by atoms with Crippen molar-refractivity contribution in [1.29, 1.82) is 5.26 Å². The number of hydrogen-bond donors (Lipinski definition) is 2. The van der Waals surface area contributed by atoms with E-state index < -0.39 is 0 Å². The fraction of sp³-hybridized carbons (Fsp3) is 0.500. The molecule has 0 saturated heterocycles. The van der Waals surface area contributed by atoms with E-state index in [2.05, 4.69) is 33.1 Å². The highest BCUT2D eigenvalue weighted by Crippen LogP contribution is 1.95. The third kappa shape index (κ3) is 9.05. The van der Waals surface area contributed by atoms with Crippen molar-refractivity contribution < 1.29 is 4.79 Å². The molecule has 0 aromatic heterocycles. The Balaban J connectivity index is 3.31. The third-order valence-corrected chi connectivity index (χ3v) is 1.44. The summed E-state index contributed by atoms with van der Waals surface area (Å²) in [6.07, 6.45) is 0.344. The lowest BCUT2D eigenvalue weighted by Crippen LogP contribution is -2.34. The normalized spacial score (nSPS) is 8.92. The zero-order valence-electron chi connectivity index (χ0n) is 7.27. The minimum absolute atomic E-state index is 0.107. The summed E-state index contributed by atoms with van der Waals surface area (Å²) in [6, 6.07) is 1.94. The van der Waals surface area contributed by atoms with Crippen LogP contribution >= 0.6 is 15.9 Å². The maximum Gasteiger partial charge on any atom is 0.234 e. The molecule has 13 heavy (non-hydrogen) atoms. The molecule has 0 heterocycles. The van der Waals surface area contributed by atoms with Crippen LogP contribution in [0, 0.1) is 11.3 Å². The number of amides is 1. The van der Waals surface area contributed by atoms with Crippen LogP contribution < -0.4 is 10.6 Å². The molecule has 0 aromatic carbocycles. The number of rotatable bonds is 6. The molecule has 0 aromatic rings. The third-order valence-electron chi connectivity index (χ3n) is 1.16. The molecule has 4 nitrogen and oxygen atoms in total. The van der Waals surface area contributed by atoms with Crippen LogP contribution in [-0.2, 0) is 4.79 Å². The van der Waals surface area contributed by atoms with Crippen LogP contribution in [0.15, 0.2) is 11.1 Å². The summed E-state index contributed by atoms with van der Waals surface area (Å²) < 4.78 is 0.803. The Morgan fingerprint density at radius 1 is 1.54 bits per heavy atom. The van der Waals surface area contributed by atoms with Crippen molar-refractivity contribution in [3.8, 4) is 6.07 Å². The van der Waals surface area contributed by atoms with Crippen LogP contribution in [0.2, 0.25) is 0 Å². The number of hydrogen-bond acceptors (Lipinski definition) is 3. The molecule has 1 amide bonds. The van der Waals surface area contributed by atoms with E-state index in [1.165, 1.54) is 0 Å². The lowest BCUT2D eigenvalue weighted by Gasteiger charge is -2.03. The summed E-state index contributed by atoms with van der Waals surface area (Å²) in [6.45, 7) is 4.82. The van der Waals surface area contributed by atoms with E-state index in [-0.39, 0.29) is 12.5 Å². The average Bonchev–Trinajstić information content (AvgIpc) is 2.04. The van der Waals surface area contributed by atoms with Gasteiger partial charge in [0.15, 0.2) is 0 Å². The molecule has 0 rings (SSSR count). The van der Waals surface area contributed by atoms with E-state index in [4.69, 9.17) is 5.26 Å². The van der Waals surface area contributed by atoms with Gasteiger partial charge in [-0.25, -0.2) is 0 Å². The fourth-order valence-electron chi connectivity index (χ4n) is 0.632. The molecule has 0 bridgehead atoms. The Labute approximate surface area is 86.1 Å². The molecule has 0 aliphatic carbocycles. The predicted octanol–water partition coefficient (Wildman–Crippen LogP) is 0.514. The first kappa shape index (κ1) is 12.1. The van der Waals surface area contributed by atoms with E-state index >= 15 is 0 Å². The molecule has 0 unspecified atom stereocenters. The molecular formula is C8H12BrN3O. The van der Waals surface area contributed by atoms with E-state index in [9.17, 15) is 4.79 Å². The monoisotopic (exact) mass is 245 g/mol. The number of carbonyl (C=O) groups is 1. The van der Waals surface area contributed by atoms with Crippen LogP contribution in [-0.4, -0.2) is 25.5 Å². The van der Waals surface area contributed by atoms with Gasteiger partial charge in [0.25, 0.3) is 0 Å². The molecule has 2 N–H and O–H groups in total. The van der Waals surface area contributed by atoms with Crippen LogP contribution in [0.3, 0.4) is 0 Å². The zero-order chi connectivity index (χ0) is 10.1. The van der Waals surface area contributed by atoms with Crippen molar-refractivity contribution in [1.82, 2.24) is 10.6 Å². The van der Waals surface area contributed by atoms with Crippen LogP contribution in [0.5, 0.6) is 0 Å². The largest absolute Gasteiger partial charge is 0.354 e. The van der Waals surface area contributed by atoms with Crippen LogP contribution in [0.25, 0.3) is 0 Å². The van der Waals surface area contributed by atoms with Crippen molar-refractivity contribution in [2.75, 3.05) is 19.6 Å². The lowest BCUT2D eigenvalue weighted by molar-refractivity contribution is -0.120. The van der Waals surface area contributed by atoms with Gasteiger partial charge < -0.3 is 10.6 Å². The smallest absolute Gasteiger partial charge is 0.234 e. The summed E-state index contributed by atoms with van der Waals surface area (Å²) in [5.74, 6) is -0.107. The number of nitrogens with zero attached hydrogens (tertiary/aromatic N) is 1. The summed E-state index contributed by atoms with van der Waals surface area (Å²) in [5, 5.41) is 13.7. The Kier molecular flexibility index (Phi) is 7.26. The van der Waals surface area contributed by atoms with Gasteiger partial charge in [0.1, 0.15) is 0 Å². The van der Waals surface area contributed by atoms with Gasteiger partial charge in [-0.15, -0.1) is 0 Å². The minimum Gasteiger partial charge on any atom is -0.354 e. The Bertz CT molecular complexity index is 222. The number of carbonyl (C=O) groups excluding carboxylic acids is 1. The maximum atomic E-state index is 11.0. The Morgan fingerprint density at radius 3 is 2.77 bits per heavy atom. The maximum absolute atomic E-state index is 11.0. The van der Waals surface area contributed by atoms with Crippen LogP contribution in [0.4, 0.5) is 0 Å². The standard InChI is InChI=1S/C8H12BrN3O/c1-7(9)5-11-6-8(13)12-4-2-3-10/h11H,1-2,4-6H2,(H,12,13). The second kappa shape index (κ2) is 7.77. The van der Waals surface area contributed by atoms with Gasteiger partial charge in [-0.2, -0.15) is 5.26 Å². The quantitative estimate of drug-likeness (QED) is 0.671. The van der Waals surface area contributed by atoms with Gasteiger partial charge in [-0.1, -0.05) is 22.5 Å². The van der Waals surface area contributed by atoms with E-state index in [1.807, 2.05) is 6.07 Å². The molecule has 72 valence electrons. The molecule has 0 fully saturated rings. The second-order valence-electron chi connectivity index (χ2n) is 2.38. The van der Waals surface area contributed by atoms with Crippen molar-refractivity contribution in [3.63, 3.8) is 0 Å². The van der Waals surface area contributed by atoms with Gasteiger partial charge in [0, 0.05) is 17.6 Å². The van der Waals surface area contributed by atoms with Crippen molar-refractivity contribution in [2.24, 2.45) is 0 Å². The topological polar surface area (TPSA) is 64.9 Å². The summed E-state index contributed by atoms with van der Waals surface area (Å²) in [4.78, 5) is 11.0. The van der Waals surface area contributed by atoms with Gasteiger partial charge in [0.2, 0.25) is 5.91 Å². The molecule has 0 aliphatic heterocycles. The Hall–Kier alpha value is -0.860. The SMILES string of the molecule is C=C(Br)CNCC(=O)NCCC#N. The fourth-order valence-corrected chi connectivity index (χ4v) is 0.830. The van der Waals surface area contributed by atoms with Gasteiger partial charge >= 0.3 is 0 Å². The molecule has 0 spiro atoms. The highest BCUT2D eigenvalue weighted by atomic mass is 79.9. The summed E-state index contributed by atoms with van der Waals surface area (Å²) >= 11 is 3.16. The number of nitriles is 1. The summed E-state index contributed by atoms with van der Waals surface area (Å²) in [7, 11) is 0. The van der Waals surface area contributed by atoms with Gasteiger partial charge in [-0.05, 0) is 0 Å². The first-order chi connectivity index (χ1) is 6.16. The summed E-state index contributed by atoms with van der Waals surface area (Å²) in [5.41, 5.74) is 0. The zero-order valence-corrected chi connectivity index (χ0v) is 8.85. The van der Waals surface area contributed by atoms with Gasteiger partial charge in [0.05, 0.1) is 19.0 Å². The van der Waals surface area contributed by atoms with Crippen LogP contribution in [0.1, 0.15) is 6.42 Å². The second-order valence-corrected chi connectivity index (χ2v) is 3.50. The number of halogens is 1. The minimum atomic E-state index is -0.107. The Morgan fingerprint density at radius 2 is 2.23 bits per heavy atom.